The van der Waals surface area contributed by atoms with E-state index in [2.05, 4.69) is 5.32 Å². The van der Waals surface area contributed by atoms with Crippen LogP contribution in [0.1, 0.15) is 43.7 Å². The van der Waals surface area contributed by atoms with Crippen molar-refractivity contribution in [3.63, 3.8) is 0 Å². The molecule has 202 valence electrons. The fourth-order valence-corrected chi connectivity index (χ4v) is 5.04. The van der Waals surface area contributed by atoms with Gasteiger partial charge in [0.25, 0.3) is 5.69 Å². The first kappa shape index (κ1) is 28.9. The largest absolute Gasteiger partial charge is 0.466 e. The third-order valence-electron chi connectivity index (χ3n) is 6.92. The van der Waals surface area contributed by atoms with E-state index in [1.54, 1.807) is 19.1 Å². The van der Waals surface area contributed by atoms with Crippen molar-refractivity contribution in [2.75, 3.05) is 20.2 Å². The minimum absolute atomic E-state index is 0. The normalized spacial score (nSPS) is 19.5. The number of halogens is 1. The van der Waals surface area contributed by atoms with Crippen LogP contribution in [0.3, 0.4) is 0 Å². The number of nitro benzene ring substituents is 1. The molecule has 10 heteroatoms. The van der Waals surface area contributed by atoms with Crippen molar-refractivity contribution in [2.45, 2.75) is 45.3 Å². The summed E-state index contributed by atoms with van der Waals surface area (Å²) >= 11 is 0. The second kappa shape index (κ2) is 12.7. The average molecular weight is 542 g/mol. The molecule has 0 saturated carbocycles. The molecule has 1 saturated heterocycles. The maximum atomic E-state index is 13.8. The molecule has 0 spiro atoms. The van der Waals surface area contributed by atoms with Gasteiger partial charge in [-0.25, -0.2) is 9.59 Å². The Morgan fingerprint density at radius 1 is 1.05 bits per heavy atom. The summed E-state index contributed by atoms with van der Waals surface area (Å²) in [6, 6.07) is 15.7. The second-order valence-electron chi connectivity index (χ2n) is 9.22. The number of nitro groups is 1. The molecule has 0 aromatic heterocycles. The van der Waals surface area contributed by atoms with E-state index < -0.39 is 22.8 Å². The van der Waals surface area contributed by atoms with E-state index in [1.807, 2.05) is 42.2 Å². The molecule has 0 radical (unpaired) electrons. The molecule has 1 N–H and O–H groups in total. The van der Waals surface area contributed by atoms with Gasteiger partial charge in [-0.1, -0.05) is 42.5 Å². The Hall–Kier alpha value is -3.69. The van der Waals surface area contributed by atoms with Crippen molar-refractivity contribution in [1.82, 2.24) is 10.2 Å². The lowest BCUT2D eigenvalue weighted by molar-refractivity contribution is -0.384. The summed E-state index contributed by atoms with van der Waals surface area (Å²) in [5, 5.41) is 14.8. The third kappa shape index (κ3) is 6.06. The summed E-state index contributed by atoms with van der Waals surface area (Å²) < 4.78 is 11.1. The average Bonchev–Trinajstić information content (AvgIpc) is 2.91. The Morgan fingerprint density at radius 3 is 2.34 bits per heavy atom. The molecule has 9 nitrogen and oxygen atoms in total. The van der Waals surface area contributed by atoms with E-state index in [0.29, 0.717) is 30.0 Å². The minimum Gasteiger partial charge on any atom is -0.466 e. The van der Waals surface area contributed by atoms with Crippen molar-refractivity contribution in [1.29, 1.82) is 0 Å². The van der Waals surface area contributed by atoms with E-state index in [-0.39, 0.29) is 35.3 Å². The highest BCUT2D eigenvalue weighted by molar-refractivity contribution is 6.00. The lowest BCUT2D eigenvalue weighted by Crippen LogP contribution is -2.39. The number of rotatable bonds is 7. The first-order valence-electron chi connectivity index (χ1n) is 12.3. The molecule has 0 bridgehead atoms. The van der Waals surface area contributed by atoms with Crippen LogP contribution in [0.5, 0.6) is 0 Å². The van der Waals surface area contributed by atoms with Crippen LogP contribution < -0.4 is 5.32 Å². The highest BCUT2D eigenvalue weighted by atomic mass is 35.5. The van der Waals surface area contributed by atoms with E-state index in [1.165, 1.54) is 19.2 Å². The number of non-ortho nitro benzene ring substituents is 1. The molecule has 2 aliphatic heterocycles. The number of methoxy groups -OCH3 is 1. The van der Waals surface area contributed by atoms with Crippen LogP contribution in [0.4, 0.5) is 5.69 Å². The number of hydrogen-bond donors (Lipinski definition) is 1. The van der Waals surface area contributed by atoms with Crippen molar-refractivity contribution in [3.8, 4) is 0 Å². The zero-order valence-corrected chi connectivity index (χ0v) is 22.5. The fourth-order valence-electron chi connectivity index (χ4n) is 5.04. The predicted octanol–water partition coefficient (Wildman–Crippen LogP) is 4.63. The number of carbonyl (C=O) groups excluding carboxylic acids is 2. The van der Waals surface area contributed by atoms with E-state index in [4.69, 9.17) is 9.47 Å². The number of nitrogens with one attached hydrogen (secondary N) is 1. The monoisotopic (exact) mass is 541 g/mol. The first-order valence-corrected chi connectivity index (χ1v) is 12.3. The number of benzene rings is 2. The summed E-state index contributed by atoms with van der Waals surface area (Å²) in [6.45, 7) is 5.45. The SMILES string of the molecule is COC(=O)C1=C(C)N(Cc2ccccc2)C(C)=C(C(=O)O[C@H]2CCCNC2)[C@H]1c1cccc([N+](=O)[O-])c1.Cl. The van der Waals surface area contributed by atoms with Gasteiger partial charge < -0.3 is 19.7 Å². The van der Waals surface area contributed by atoms with Gasteiger partial charge in [-0.3, -0.25) is 10.1 Å². The summed E-state index contributed by atoms with van der Waals surface area (Å²) in [5.74, 6) is -2.04. The molecule has 0 unspecified atom stereocenters. The number of allylic oxidation sites excluding steroid dienone is 2. The molecule has 2 aliphatic rings. The first-order chi connectivity index (χ1) is 17.8. The lowest BCUT2D eigenvalue weighted by Gasteiger charge is -2.38. The lowest BCUT2D eigenvalue weighted by atomic mass is 9.79. The van der Waals surface area contributed by atoms with Crippen LogP contribution >= 0.6 is 12.4 Å². The number of piperidine rings is 1. The molecule has 0 amide bonds. The molecule has 1 fully saturated rings. The van der Waals surface area contributed by atoms with Gasteiger partial charge in [-0.15, -0.1) is 12.4 Å². The highest BCUT2D eigenvalue weighted by Gasteiger charge is 2.41. The van der Waals surface area contributed by atoms with Gasteiger partial charge in [-0.2, -0.15) is 0 Å². The Balaban J connectivity index is 0.00000400. The van der Waals surface area contributed by atoms with Crippen molar-refractivity contribution in [2.24, 2.45) is 0 Å². The molecule has 0 aliphatic carbocycles. The minimum atomic E-state index is -0.886. The molecule has 2 aromatic rings. The van der Waals surface area contributed by atoms with Crippen molar-refractivity contribution < 1.29 is 24.0 Å². The van der Waals surface area contributed by atoms with Gasteiger partial charge >= 0.3 is 11.9 Å². The number of hydrogen-bond acceptors (Lipinski definition) is 8. The molecule has 2 aromatic carbocycles. The van der Waals surface area contributed by atoms with Crippen LogP contribution in [0.2, 0.25) is 0 Å². The Morgan fingerprint density at radius 2 is 1.74 bits per heavy atom. The van der Waals surface area contributed by atoms with Gasteiger partial charge in [0, 0.05) is 36.6 Å². The molecular weight excluding hydrogens is 510 g/mol. The number of esters is 2. The van der Waals surface area contributed by atoms with Crippen molar-refractivity contribution >= 4 is 30.0 Å². The summed E-state index contributed by atoms with van der Waals surface area (Å²) in [7, 11) is 1.28. The zero-order chi connectivity index (χ0) is 26.5. The van der Waals surface area contributed by atoms with Gasteiger partial charge in [0.1, 0.15) is 6.10 Å². The number of carbonyl (C=O) groups is 2. The van der Waals surface area contributed by atoms with E-state index in [9.17, 15) is 19.7 Å². The molecule has 38 heavy (non-hydrogen) atoms. The van der Waals surface area contributed by atoms with Crippen LogP contribution in [0.15, 0.2) is 77.1 Å². The maximum Gasteiger partial charge on any atom is 0.337 e. The Kier molecular flexibility index (Phi) is 9.66. The standard InChI is InChI=1S/C28H31N3O6.ClH/c1-18-24(27(32)36-3)26(21-11-7-12-22(15-21)31(34)35)25(28(33)37-23-13-8-14-29-16-23)19(2)30(18)17-20-9-5-4-6-10-20;/h4-7,9-12,15,23,26,29H,8,13-14,16-17H2,1-3H3;1H/t23-,26-;/m0./s1. The summed E-state index contributed by atoms with van der Waals surface area (Å²) in [5.41, 5.74) is 3.06. The fraction of sp³-hybridized carbons (Fsp3) is 0.357. The predicted molar refractivity (Wildman–Crippen MR) is 144 cm³/mol. The van der Waals surface area contributed by atoms with Gasteiger partial charge in [-0.05, 0) is 44.4 Å². The summed E-state index contributed by atoms with van der Waals surface area (Å²) in [6.07, 6.45) is 1.32. The number of ether oxygens (including phenoxy) is 2. The Labute approximate surface area is 228 Å². The maximum absolute atomic E-state index is 13.8. The third-order valence-corrected chi connectivity index (χ3v) is 6.92. The van der Waals surface area contributed by atoms with Gasteiger partial charge in [0.15, 0.2) is 0 Å². The van der Waals surface area contributed by atoms with E-state index >= 15 is 0 Å². The molecule has 2 atom stereocenters. The zero-order valence-electron chi connectivity index (χ0n) is 21.6. The quantitative estimate of drug-likeness (QED) is 0.307. The Bertz CT molecular complexity index is 1250. The molecular formula is C28H32ClN3O6. The highest BCUT2D eigenvalue weighted by Crippen LogP contribution is 2.44. The van der Waals surface area contributed by atoms with Crippen LogP contribution in [-0.2, 0) is 25.6 Å². The van der Waals surface area contributed by atoms with Crippen LogP contribution in [0.25, 0.3) is 0 Å². The van der Waals surface area contributed by atoms with Crippen LogP contribution in [0, 0.1) is 10.1 Å². The van der Waals surface area contributed by atoms with Crippen LogP contribution in [-0.4, -0.2) is 48.1 Å². The van der Waals surface area contributed by atoms with Gasteiger partial charge in [0.05, 0.1) is 29.1 Å². The molecule has 4 rings (SSSR count). The smallest absolute Gasteiger partial charge is 0.337 e. The topological polar surface area (TPSA) is 111 Å². The van der Waals surface area contributed by atoms with Gasteiger partial charge in [0.2, 0.25) is 0 Å². The number of nitrogens with zero attached hydrogens (tertiary/aromatic N) is 2. The van der Waals surface area contributed by atoms with Crippen molar-refractivity contribution in [3.05, 3.63) is 98.4 Å². The second-order valence-corrected chi connectivity index (χ2v) is 9.22. The van der Waals surface area contributed by atoms with E-state index in [0.717, 1.165) is 24.9 Å². The molecule has 2 heterocycles. The summed E-state index contributed by atoms with van der Waals surface area (Å²) in [4.78, 5) is 40.0.